The van der Waals surface area contributed by atoms with Gasteiger partial charge in [-0.1, -0.05) is 70.3 Å². The maximum absolute atomic E-state index is 3.17. The molecule has 0 aromatic rings. The van der Waals surface area contributed by atoms with Gasteiger partial charge in [0.1, 0.15) is 0 Å². The molecule has 6 aliphatic rings. The lowest BCUT2D eigenvalue weighted by atomic mass is 9.61. The fourth-order valence-corrected chi connectivity index (χ4v) is 11.1. The van der Waals surface area contributed by atoms with Gasteiger partial charge in [0.25, 0.3) is 0 Å². The van der Waals surface area contributed by atoms with Crippen LogP contribution in [0.25, 0.3) is 0 Å². The molecule has 0 bridgehead atoms. The largest absolute Gasteiger partial charge is 0.294 e. The molecule has 6 saturated carbocycles. The molecule has 0 saturated heterocycles. The zero-order chi connectivity index (χ0) is 28.0. The smallest absolute Gasteiger partial charge is 0.0102 e. The Balaban J connectivity index is 1.03. The Hall–Kier alpha value is -0.560. The van der Waals surface area contributed by atoms with Crippen LogP contribution in [0.1, 0.15) is 162 Å². The summed E-state index contributed by atoms with van der Waals surface area (Å²) in [5.41, 5.74) is 0. The lowest BCUT2D eigenvalue weighted by Crippen LogP contribution is -2.52. The van der Waals surface area contributed by atoms with Crippen molar-refractivity contribution in [1.82, 2.24) is 4.90 Å². The molecule has 1 heteroatoms. The predicted molar refractivity (Wildman–Crippen MR) is 177 cm³/mol. The highest BCUT2D eigenvalue weighted by molar-refractivity contribution is 5.06. The molecule has 0 aromatic heterocycles. The Kier molecular flexibility index (Phi) is 11.1. The topological polar surface area (TPSA) is 3.24 Å². The van der Waals surface area contributed by atoms with Crippen molar-refractivity contribution in [1.29, 1.82) is 0 Å². The molecule has 6 aliphatic carbocycles. The summed E-state index contributed by atoms with van der Waals surface area (Å²) >= 11 is 0. The lowest BCUT2D eigenvalue weighted by Gasteiger charge is -2.49. The van der Waals surface area contributed by atoms with Crippen LogP contribution in [0.15, 0.2) is 24.3 Å². The van der Waals surface area contributed by atoms with Crippen LogP contribution in [0.5, 0.6) is 0 Å². The second kappa shape index (κ2) is 14.9. The summed E-state index contributed by atoms with van der Waals surface area (Å²) in [6.45, 7) is 4.99. The minimum atomic E-state index is 0.858. The summed E-state index contributed by atoms with van der Waals surface area (Å²) in [6.07, 6.45) is 44.9. The van der Waals surface area contributed by atoms with Crippen LogP contribution >= 0.6 is 0 Å². The first-order valence-corrected chi connectivity index (χ1v) is 19.3. The fourth-order valence-electron chi connectivity index (χ4n) is 11.1. The van der Waals surface area contributed by atoms with Gasteiger partial charge in [0.15, 0.2) is 0 Å². The van der Waals surface area contributed by atoms with E-state index in [2.05, 4.69) is 43.1 Å². The van der Waals surface area contributed by atoms with Crippen LogP contribution in [-0.2, 0) is 0 Å². The third-order valence-corrected chi connectivity index (χ3v) is 13.7. The molecule has 232 valence electrons. The Morgan fingerprint density at radius 2 is 0.780 bits per heavy atom. The molecule has 0 amide bonds. The van der Waals surface area contributed by atoms with Crippen molar-refractivity contribution in [3.8, 4) is 0 Å². The molecule has 0 radical (unpaired) electrons. The Morgan fingerprint density at radius 3 is 1.24 bits per heavy atom. The maximum atomic E-state index is 3.17. The normalized spacial score (nSPS) is 43.5. The highest BCUT2D eigenvalue weighted by atomic mass is 15.2. The molecule has 6 fully saturated rings. The van der Waals surface area contributed by atoms with Crippen LogP contribution in [0.4, 0.5) is 0 Å². The molecule has 0 heterocycles. The van der Waals surface area contributed by atoms with Gasteiger partial charge in [0, 0.05) is 18.1 Å². The molecule has 0 N–H and O–H groups in total. The molecule has 0 aliphatic heterocycles. The van der Waals surface area contributed by atoms with Gasteiger partial charge in [0.05, 0.1) is 0 Å². The first kappa shape index (κ1) is 30.5. The Labute approximate surface area is 255 Å². The van der Waals surface area contributed by atoms with Crippen LogP contribution in [0.3, 0.4) is 0 Å². The van der Waals surface area contributed by atoms with E-state index in [1.807, 2.05) is 0 Å². The second-order valence-electron chi connectivity index (χ2n) is 16.5. The van der Waals surface area contributed by atoms with E-state index in [1.54, 1.807) is 0 Å². The minimum absolute atomic E-state index is 0.858. The molecule has 6 rings (SSSR count). The van der Waals surface area contributed by atoms with Gasteiger partial charge in [0.2, 0.25) is 0 Å². The molecular weight excluding hydrogens is 494 g/mol. The first-order chi connectivity index (χ1) is 20.1. The number of hydrogen-bond donors (Lipinski definition) is 0. The number of rotatable bonds is 7. The standard InChI is InChI=1S/C40H67N/c1-30-14-24-36(25-15-30)41(37-26-16-31(2)17-27-37)38-28-20-33(21-29-38)19-23-35-11-7-12-39-34(10-6-13-40(35)39)22-18-32-8-4-3-5-9-32/h18-19,22-23,30-40H,3-17,20-21,24-29H2,1-2H3. The van der Waals surface area contributed by atoms with Crippen molar-refractivity contribution in [2.24, 2.45) is 47.3 Å². The molecule has 0 aromatic carbocycles. The van der Waals surface area contributed by atoms with Gasteiger partial charge in [-0.15, -0.1) is 0 Å². The van der Waals surface area contributed by atoms with E-state index >= 15 is 0 Å². The summed E-state index contributed by atoms with van der Waals surface area (Å²) in [5, 5.41) is 0. The van der Waals surface area contributed by atoms with E-state index in [4.69, 9.17) is 0 Å². The molecule has 4 atom stereocenters. The second-order valence-corrected chi connectivity index (χ2v) is 16.5. The highest BCUT2D eigenvalue weighted by Crippen LogP contribution is 2.48. The SMILES string of the molecule is CC1CCC(N(C2CCC(C)CC2)C2CCC(C=CC3CCCC4C(C=CC5CCCCC5)CCCC34)CC2)CC1. The molecule has 0 spiro atoms. The van der Waals surface area contributed by atoms with Gasteiger partial charge in [-0.25, -0.2) is 0 Å². The summed E-state index contributed by atoms with van der Waals surface area (Å²) in [5.74, 6) is 7.41. The van der Waals surface area contributed by atoms with Crippen molar-refractivity contribution >= 4 is 0 Å². The van der Waals surface area contributed by atoms with Gasteiger partial charge >= 0.3 is 0 Å². The van der Waals surface area contributed by atoms with E-state index < -0.39 is 0 Å². The molecular formula is C40H67N. The first-order valence-electron chi connectivity index (χ1n) is 19.3. The highest BCUT2D eigenvalue weighted by Gasteiger charge is 2.39. The van der Waals surface area contributed by atoms with Gasteiger partial charge < -0.3 is 0 Å². The van der Waals surface area contributed by atoms with Crippen molar-refractivity contribution in [3.63, 3.8) is 0 Å². The van der Waals surface area contributed by atoms with Gasteiger partial charge in [-0.3, -0.25) is 4.90 Å². The van der Waals surface area contributed by atoms with Crippen LogP contribution in [0.2, 0.25) is 0 Å². The zero-order valence-corrected chi connectivity index (χ0v) is 27.4. The summed E-state index contributed by atoms with van der Waals surface area (Å²) < 4.78 is 0. The van der Waals surface area contributed by atoms with Crippen molar-refractivity contribution < 1.29 is 0 Å². The third-order valence-electron chi connectivity index (χ3n) is 13.7. The van der Waals surface area contributed by atoms with Crippen LogP contribution in [0, 0.1) is 47.3 Å². The quantitative estimate of drug-likeness (QED) is 0.279. The summed E-state index contributed by atoms with van der Waals surface area (Å²) in [6, 6.07) is 2.67. The van der Waals surface area contributed by atoms with Crippen molar-refractivity contribution in [2.45, 2.75) is 180 Å². The molecule has 1 nitrogen and oxygen atoms in total. The minimum Gasteiger partial charge on any atom is -0.294 e. The fraction of sp³-hybridized carbons (Fsp3) is 0.900. The van der Waals surface area contributed by atoms with Crippen molar-refractivity contribution in [3.05, 3.63) is 24.3 Å². The summed E-state index contributed by atoms with van der Waals surface area (Å²) in [4.78, 5) is 3.17. The van der Waals surface area contributed by atoms with E-state index in [9.17, 15) is 0 Å². The van der Waals surface area contributed by atoms with Gasteiger partial charge in [-0.05, 0) is 163 Å². The Morgan fingerprint density at radius 1 is 0.366 bits per heavy atom. The average Bonchev–Trinajstić information content (AvgIpc) is 3.02. The average molecular weight is 562 g/mol. The number of hydrogen-bond acceptors (Lipinski definition) is 1. The lowest BCUT2D eigenvalue weighted by molar-refractivity contribution is 0.00809. The maximum Gasteiger partial charge on any atom is 0.0102 e. The van der Waals surface area contributed by atoms with E-state index in [-0.39, 0.29) is 0 Å². The van der Waals surface area contributed by atoms with Gasteiger partial charge in [-0.2, -0.15) is 0 Å². The Bertz CT molecular complexity index is 790. The zero-order valence-electron chi connectivity index (χ0n) is 27.4. The van der Waals surface area contributed by atoms with E-state index in [0.717, 1.165) is 65.5 Å². The summed E-state index contributed by atoms with van der Waals surface area (Å²) in [7, 11) is 0. The number of allylic oxidation sites excluding steroid dienone is 4. The van der Waals surface area contributed by atoms with Crippen LogP contribution in [-0.4, -0.2) is 23.0 Å². The number of nitrogens with zero attached hydrogens (tertiary/aromatic N) is 1. The van der Waals surface area contributed by atoms with Crippen molar-refractivity contribution in [2.75, 3.05) is 0 Å². The number of fused-ring (bicyclic) bond motifs is 1. The van der Waals surface area contributed by atoms with E-state index in [0.29, 0.717) is 0 Å². The van der Waals surface area contributed by atoms with E-state index in [1.165, 1.54) is 148 Å². The van der Waals surface area contributed by atoms with Crippen LogP contribution < -0.4 is 0 Å². The monoisotopic (exact) mass is 562 g/mol. The predicted octanol–water partition coefficient (Wildman–Crippen LogP) is 11.5. The molecule has 41 heavy (non-hydrogen) atoms. The third kappa shape index (κ3) is 7.94. The molecule has 4 unspecified atom stereocenters.